The van der Waals surface area contributed by atoms with Crippen molar-refractivity contribution in [3.63, 3.8) is 0 Å². The molecule has 0 atom stereocenters. The maximum absolute atomic E-state index is 6.07. The van der Waals surface area contributed by atoms with Gasteiger partial charge in [-0.3, -0.25) is 0 Å². The first-order chi connectivity index (χ1) is 9.76. The number of aryl methyl sites for hydroxylation is 1. The molecule has 0 aliphatic heterocycles. The highest BCUT2D eigenvalue weighted by Gasteiger charge is 2.15. The molecule has 5 nitrogen and oxygen atoms in total. The van der Waals surface area contributed by atoms with Crippen LogP contribution in [0.3, 0.4) is 0 Å². The molecule has 3 rings (SSSR count). The Morgan fingerprint density at radius 2 is 2.00 bits per heavy atom. The van der Waals surface area contributed by atoms with E-state index in [0.29, 0.717) is 5.82 Å². The molecule has 0 saturated carbocycles. The Kier molecular flexibility index (Phi) is 3.18. The van der Waals surface area contributed by atoms with Crippen molar-refractivity contribution in [3.8, 4) is 0 Å². The smallest absolute Gasteiger partial charge is 0.152 e. The van der Waals surface area contributed by atoms with Crippen molar-refractivity contribution >= 4 is 27.8 Å². The van der Waals surface area contributed by atoms with E-state index >= 15 is 0 Å². The quantitative estimate of drug-likeness (QED) is 0.764. The van der Waals surface area contributed by atoms with E-state index in [9.17, 15) is 0 Å². The van der Waals surface area contributed by atoms with Gasteiger partial charge in [-0.1, -0.05) is 32.0 Å². The van der Waals surface area contributed by atoms with Gasteiger partial charge in [-0.05, 0) is 12.5 Å². The molecule has 0 saturated heterocycles. The van der Waals surface area contributed by atoms with Gasteiger partial charge in [0.25, 0.3) is 0 Å². The molecule has 0 amide bonds. The number of para-hydroxylation sites is 1. The number of benzene rings is 1. The van der Waals surface area contributed by atoms with E-state index in [2.05, 4.69) is 40.0 Å². The van der Waals surface area contributed by atoms with E-state index < -0.39 is 0 Å². The molecule has 0 spiro atoms. The van der Waals surface area contributed by atoms with Crippen LogP contribution in [0.5, 0.6) is 0 Å². The Hall–Kier alpha value is -2.30. The van der Waals surface area contributed by atoms with Crippen LogP contribution in [0.1, 0.15) is 26.1 Å². The number of fused-ring (bicyclic) bond motifs is 3. The lowest BCUT2D eigenvalue weighted by Gasteiger charge is -2.11. The summed E-state index contributed by atoms with van der Waals surface area (Å²) in [6.45, 7) is 5.14. The van der Waals surface area contributed by atoms with E-state index in [-0.39, 0.29) is 0 Å². The first-order valence-corrected chi connectivity index (χ1v) is 7.05. The highest BCUT2D eigenvalue weighted by atomic mass is 15.4. The molecule has 3 aromatic rings. The maximum Gasteiger partial charge on any atom is 0.152 e. The molecule has 5 heteroatoms. The summed E-state index contributed by atoms with van der Waals surface area (Å²) >= 11 is 0. The zero-order valence-electron chi connectivity index (χ0n) is 11.8. The number of pyridine rings is 1. The van der Waals surface area contributed by atoms with Gasteiger partial charge in [0, 0.05) is 18.4 Å². The Labute approximate surface area is 117 Å². The van der Waals surface area contributed by atoms with E-state index in [1.807, 2.05) is 18.2 Å². The van der Waals surface area contributed by atoms with Gasteiger partial charge in [-0.25, -0.2) is 14.6 Å². The summed E-state index contributed by atoms with van der Waals surface area (Å²) in [5.74, 6) is 1.48. The summed E-state index contributed by atoms with van der Waals surface area (Å²) in [4.78, 5) is 9.09. The van der Waals surface area contributed by atoms with Crippen LogP contribution in [0.2, 0.25) is 0 Å². The minimum atomic E-state index is 0.491. The fourth-order valence-corrected chi connectivity index (χ4v) is 2.48. The zero-order valence-corrected chi connectivity index (χ0v) is 11.8. The van der Waals surface area contributed by atoms with Crippen molar-refractivity contribution in [3.05, 3.63) is 30.1 Å². The van der Waals surface area contributed by atoms with Gasteiger partial charge in [-0.2, -0.15) is 0 Å². The molecule has 20 heavy (non-hydrogen) atoms. The summed E-state index contributed by atoms with van der Waals surface area (Å²) in [6.07, 6.45) is 1.90. The van der Waals surface area contributed by atoms with Crippen molar-refractivity contribution < 1.29 is 0 Å². The summed E-state index contributed by atoms with van der Waals surface area (Å²) in [5, 5.41) is 1.08. The van der Waals surface area contributed by atoms with Crippen LogP contribution in [0, 0.1) is 0 Å². The highest BCUT2D eigenvalue weighted by molar-refractivity contribution is 6.06. The van der Waals surface area contributed by atoms with Gasteiger partial charge >= 0.3 is 0 Å². The predicted molar refractivity (Wildman–Crippen MR) is 83.3 cm³/mol. The van der Waals surface area contributed by atoms with Crippen LogP contribution in [0.15, 0.2) is 24.3 Å². The number of rotatable bonds is 4. The van der Waals surface area contributed by atoms with Gasteiger partial charge in [0.15, 0.2) is 5.82 Å². The number of imidazole rings is 1. The van der Waals surface area contributed by atoms with Gasteiger partial charge in [0.2, 0.25) is 0 Å². The second kappa shape index (κ2) is 5.00. The molecule has 0 aliphatic rings. The van der Waals surface area contributed by atoms with Gasteiger partial charge in [0.05, 0.1) is 5.52 Å². The Morgan fingerprint density at radius 1 is 1.20 bits per heavy atom. The van der Waals surface area contributed by atoms with Gasteiger partial charge in [-0.15, -0.1) is 0 Å². The standard InChI is InChI=1S/C15H19N5/c1-3-9-17-20-12(4-2)19-13-14(20)10-7-5-6-8-11(10)18-15(13)16/h5-8,17H,3-4,9H2,1-2H3,(H2,16,18). The number of nitrogen functional groups attached to an aromatic ring is 1. The van der Waals surface area contributed by atoms with Gasteiger partial charge in [0.1, 0.15) is 16.9 Å². The van der Waals surface area contributed by atoms with Crippen LogP contribution in [-0.2, 0) is 6.42 Å². The third-order valence-corrected chi connectivity index (χ3v) is 3.43. The fraction of sp³-hybridized carbons (Fsp3) is 0.333. The number of nitrogens with one attached hydrogen (secondary N) is 1. The van der Waals surface area contributed by atoms with E-state index in [1.54, 1.807) is 0 Å². The SMILES string of the molecule is CCCNn1c(CC)nc2c(N)nc3ccccc3c21. The number of hydrogen-bond donors (Lipinski definition) is 2. The van der Waals surface area contributed by atoms with E-state index in [0.717, 1.165) is 47.1 Å². The molecule has 2 heterocycles. The number of anilines is 1. The van der Waals surface area contributed by atoms with Crippen LogP contribution >= 0.6 is 0 Å². The molecule has 0 fully saturated rings. The number of nitrogens with two attached hydrogens (primary N) is 1. The Bertz CT molecular complexity index is 760. The van der Waals surface area contributed by atoms with Crippen molar-refractivity contribution in [2.24, 2.45) is 0 Å². The van der Waals surface area contributed by atoms with Crippen molar-refractivity contribution in [2.45, 2.75) is 26.7 Å². The molecule has 104 valence electrons. The highest BCUT2D eigenvalue weighted by Crippen LogP contribution is 2.28. The van der Waals surface area contributed by atoms with Crippen LogP contribution < -0.4 is 11.2 Å². The van der Waals surface area contributed by atoms with Gasteiger partial charge < -0.3 is 11.2 Å². The molecular formula is C15H19N5. The summed E-state index contributed by atoms with van der Waals surface area (Å²) in [6, 6.07) is 8.03. The Balaban J connectivity index is 2.38. The molecular weight excluding hydrogens is 250 g/mol. The van der Waals surface area contributed by atoms with Crippen molar-refractivity contribution in [1.29, 1.82) is 0 Å². The average Bonchev–Trinajstić information content (AvgIpc) is 2.84. The van der Waals surface area contributed by atoms with Crippen molar-refractivity contribution in [2.75, 3.05) is 17.7 Å². The minimum Gasteiger partial charge on any atom is -0.382 e. The third kappa shape index (κ3) is 1.86. The first kappa shape index (κ1) is 12.7. The third-order valence-electron chi connectivity index (χ3n) is 3.43. The lowest BCUT2D eigenvalue weighted by molar-refractivity contribution is 0.773. The van der Waals surface area contributed by atoms with Crippen LogP contribution in [0.25, 0.3) is 21.9 Å². The molecule has 3 N–H and O–H groups in total. The maximum atomic E-state index is 6.07. The number of aromatic nitrogens is 3. The monoisotopic (exact) mass is 269 g/mol. The number of hydrogen-bond acceptors (Lipinski definition) is 4. The lowest BCUT2D eigenvalue weighted by atomic mass is 10.2. The Morgan fingerprint density at radius 3 is 2.75 bits per heavy atom. The largest absolute Gasteiger partial charge is 0.382 e. The summed E-state index contributed by atoms with van der Waals surface area (Å²) in [7, 11) is 0. The topological polar surface area (TPSA) is 68.8 Å². The lowest BCUT2D eigenvalue weighted by Crippen LogP contribution is -2.18. The average molecular weight is 269 g/mol. The summed E-state index contributed by atoms with van der Waals surface area (Å²) in [5.41, 5.74) is 12.2. The van der Waals surface area contributed by atoms with Crippen LogP contribution in [0.4, 0.5) is 5.82 Å². The molecule has 0 radical (unpaired) electrons. The minimum absolute atomic E-state index is 0.491. The van der Waals surface area contributed by atoms with Crippen LogP contribution in [-0.4, -0.2) is 21.2 Å². The summed E-state index contributed by atoms with van der Waals surface area (Å²) < 4.78 is 2.07. The molecule has 2 aromatic heterocycles. The zero-order chi connectivity index (χ0) is 14.1. The molecule has 1 aromatic carbocycles. The second-order valence-corrected chi connectivity index (χ2v) is 4.84. The first-order valence-electron chi connectivity index (χ1n) is 7.05. The fourth-order valence-electron chi connectivity index (χ4n) is 2.48. The molecule has 0 bridgehead atoms. The van der Waals surface area contributed by atoms with Crippen molar-refractivity contribution in [1.82, 2.24) is 14.6 Å². The number of nitrogens with zero attached hydrogens (tertiary/aromatic N) is 3. The normalized spacial score (nSPS) is 11.3. The van der Waals surface area contributed by atoms with E-state index in [1.165, 1.54) is 0 Å². The molecule has 0 unspecified atom stereocenters. The molecule has 0 aliphatic carbocycles. The predicted octanol–water partition coefficient (Wildman–Crippen LogP) is 2.68. The second-order valence-electron chi connectivity index (χ2n) is 4.84. The van der Waals surface area contributed by atoms with E-state index in [4.69, 9.17) is 5.73 Å².